The molecule has 0 atom stereocenters. The third kappa shape index (κ3) is 3.78. The van der Waals surface area contributed by atoms with Crippen molar-refractivity contribution in [1.82, 2.24) is 15.0 Å². The molecule has 0 saturated carbocycles. The smallest absolute Gasteiger partial charge is 0.138 e. The van der Waals surface area contributed by atoms with Gasteiger partial charge in [0.15, 0.2) is 0 Å². The van der Waals surface area contributed by atoms with E-state index in [0.717, 1.165) is 39.7 Å². The van der Waals surface area contributed by atoms with Crippen LogP contribution in [0.3, 0.4) is 0 Å². The Kier molecular flexibility index (Phi) is 5.03. The van der Waals surface area contributed by atoms with E-state index in [-0.39, 0.29) is 5.82 Å². The van der Waals surface area contributed by atoms with Gasteiger partial charge in [-0.2, -0.15) is 0 Å². The first kappa shape index (κ1) is 17.5. The second-order valence-corrected chi connectivity index (χ2v) is 7.35. The van der Waals surface area contributed by atoms with Crippen LogP contribution in [0.1, 0.15) is 6.92 Å². The molecular weight excluding hydrogens is 357 g/mol. The monoisotopic (exact) mass is 375 g/mol. The summed E-state index contributed by atoms with van der Waals surface area (Å²) in [6.45, 7) is 2.14. The summed E-state index contributed by atoms with van der Waals surface area (Å²) in [4.78, 5) is 13.6. The maximum absolute atomic E-state index is 13.4. The Bertz CT molecular complexity index is 1030. The zero-order valence-electron chi connectivity index (χ0n) is 14.8. The van der Waals surface area contributed by atoms with Crippen LogP contribution in [0.2, 0.25) is 0 Å². The molecule has 2 aromatic carbocycles. The fourth-order valence-corrected chi connectivity index (χ4v) is 3.59. The van der Waals surface area contributed by atoms with E-state index in [0.29, 0.717) is 0 Å². The van der Waals surface area contributed by atoms with E-state index in [1.54, 1.807) is 24.5 Å². The first-order chi connectivity index (χ1) is 13.2. The number of thioether (sulfide) groups is 1. The molecule has 5 heteroatoms. The standard InChI is InChI=1S/C22H18FN3S/c1-2-27-19-9-5-17(6-10-19)22-25-20(15-3-7-18(23)8-4-15)21(26-22)16-11-13-24-14-12-16/h3-14H,2H2,1H3,(H,25,26). The number of nitrogens with one attached hydrogen (secondary N) is 1. The molecule has 0 aliphatic heterocycles. The minimum Gasteiger partial charge on any atom is -0.337 e. The Balaban J connectivity index is 1.81. The zero-order valence-corrected chi connectivity index (χ0v) is 15.6. The topological polar surface area (TPSA) is 41.6 Å². The molecule has 1 N–H and O–H groups in total. The largest absolute Gasteiger partial charge is 0.337 e. The van der Waals surface area contributed by atoms with Crippen LogP contribution in [-0.4, -0.2) is 20.7 Å². The molecule has 27 heavy (non-hydrogen) atoms. The molecule has 0 amide bonds. The lowest BCUT2D eigenvalue weighted by Gasteiger charge is -2.02. The Morgan fingerprint density at radius 2 is 1.52 bits per heavy atom. The summed E-state index contributed by atoms with van der Waals surface area (Å²) in [5.74, 6) is 1.57. The minimum atomic E-state index is -0.260. The summed E-state index contributed by atoms with van der Waals surface area (Å²) in [6, 6.07) is 18.6. The number of hydrogen-bond acceptors (Lipinski definition) is 3. The van der Waals surface area contributed by atoms with E-state index in [1.807, 2.05) is 23.9 Å². The number of hydrogen-bond donors (Lipinski definition) is 1. The highest BCUT2D eigenvalue weighted by atomic mass is 32.2. The second-order valence-electron chi connectivity index (χ2n) is 6.01. The van der Waals surface area contributed by atoms with Crippen LogP contribution in [0.15, 0.2) is 78.0 Å². The zero-order chi connectivity index (χ0) is 18.6. The lowest BCUT2D eigenvalue weighted by atomic mass is 10.1. The van der Waals surface area contributed by atoms with Crippen molar-refractivity contribution in [3.8, 4) is 33.9 Å². The van der Waals surface area contributed by atoms with Gasteiger partial charge in [0, 0.05) is 34.0 Å². The highest BCUT2D eigenvalue weighted by molar-refractivity contribution is 7.99. The van der Waals surface area contributed by atoms with Crippen LogP contribution in [0.4, 0.5) is 4.39 Å². The lowest BCUT2D eigenvalue weighted by Crippen LogP contribution is -1.84. The molecular formula is C22H18FN3S. The number of halogens is 1. The van der Waals surface area contributed by atoms with Crippen LogP contribution in [0, 0.1) is 5.82 Å². The molecule has 4 aromatic rings. The summed E-state index contributed by atoms with van der Waals surface area (Å²) >= 11 is 1.81. The van der Waals surface area contributed by atoms with Gasteiger partial charge in [0.05, 0.1) is 11.4 Å². The number of benzene rings is 2. The SMILES string of the molecule is CCSc1ccc(-c2nc(-c3ccc(F)cc3)c(-c3ccncc3)[nH]2)cc1. The summed E-state index contributed by atoms with van der Waals surface area (Å²) in [5, 5.41) is 0. The fraction of sp³-hybridized carbons (Fsp3) is 0.0909. The van der Waals surface area contributed by atoms with Crippen molar-refractivity contribution < 1.29 is 4.39 Å². The molecule has 0 unspecified atom stereocenters. The van der Waals surface area contributed by atoms with E-state index in [9.17, 15) is 4.39 Å². The Labute approximate surface area is 161 Å². The molecule has 0 saturated heterocycles. The Morgan fingerprint density at radius 3 is 2.19 bits per heavy atom. The van der Waals surface area contributed by atoms with Crippen LogP contribution in [0.25, 0.3) is 33.9 Å². The lowest BCUT2D eigenvalue weighted by molar-refractivity contribution is 0.628. The van der Waals surface area contributed by atoms with Crippen molar-refractivity contribution in [2.24, 2.45) is 0 Å². The molecule has 0 bridgehead atoms. The number of nitrogens with zero attached hydrogens (tertiary/aromatic N) is 2. The van der Waals surface area contributed by atoms with Gasteiger partial charge in [-0.3, -0.25) is 4.98 Å². The van der Waals surface area contributed by atoms with E-state index < -0.39 is 0 Å². The number of pyridine rings is 1. The van der Waals surface area contributed by atoms with Crippen molar-refractivity contribution in [2.75, 3.05) is 5.75 Å². The normalized spacial score (nSPS) is 10.9. The van der Waals surface area contributed by atoms with E-state index >= 15 is 0 Å². The van der Waals surface area contributed by atoms with Crippen molar-refractivity contribution in [2.45, 2.75) is 11.8 Å². The van der Waals surface area contributed by atoms with Gasteiger partial charge < -0.3 is 4.98 Å². The third-order valence-corrected chi connectivity index (χ3v) is 5.12. The van der Waals surface area contributed by atoms with Crippen LogP contribution in [-0.2, 0) is 0 Å². The summed E-state index contributed by atoms with van der Waals surface area (Å²) < 4.78 is 13.4. The van der Waals surface area contributed by atoms with Gasteiger partial charge in [-0.1, -0.05) is 19.1 Å². The van der Waals surface area contributed by atoms with Crippen molar-refractivity contribution >= 4 is 11.8 Å². The van der Waals surface area contributed by atoms with Gasteiger partial charge in [0.2, 0.25) is 0 Å². The van der Waals surface area contributed by atoms with Crippen molar-refractivity contribution in [3.63, 3.8) is 0 Å². The average molecular weight is 375 g/mol. The quantitative estimate of drug-likeness (QED) is 0.431. The fourth-order valence-electron chi connectivity index (χ4n) is 2.93. The number of H-pyrrole nitrogens is 1. The second kappa shape index (κ2) is 7.76. The molecule has 2 aromatic heterocycles. The van der Waals surface area contributed by atoms with Crippen LogP contribution in [0.5, 0.6) is 0 Å². The van der Waals surface area contributed by atoms with Gasteiger partial charge in [0.1, 0.15) is 11.6 Å². The molecule has 0 fully saturated rings. The molecule has 4 rings (SSSR count). The number of aromatic nitrogens is 3. The Hall–Kier alpha value is -2.92. The van der Waals surface area contributed by atoms with Crippen molar-refractivity contribution in [3.05, 3.63) is 78.9 Å². The van der Waals surface area contributed by atoms with E-state index in [2.05, 4.69) is 41.2 Å². The minimum absolute atomic E-state index is 0.260. The van der Waals surface area contributed by atoms with Crippen LogP contribution < -0.4 is 0 Å². The number of imidazole rings is 1. The van der Waals surface area contributed by atoms with Gasteiger partial charge in [-0.05, 0) is 54.3 Å². The average Bonchev–Trinajstić information content (AvgIpc) is 3.15. The predicted octanol–water partition coefficient (Wildman–Crippen LogP) is 6.06. The van der Waals surface area contributed by atoms with Gasteiger partial charge in [-0.25, -0.2) is 9.37 Å². The summed E-state index contributed by atoms with van der Waals surface area (Å²) in [7, 11) is 0. The molecule has 134 valence electrons. The number of aromatic amines is 1. The summed E-state index contributed by atoms with van der Waals surface area (Å²) in [5.41, 5.74) is 4.55. The maximum Gasteiger partial charge on any atom is 0.138 e. The molecule has 0 aliphatic carbocycles. The Morgan fingerprint density at radius 1 is 0.852 bits per heavy atom. The highest BCUT2D eigenvalue weighted by Gasteiger charge is 2.15. The van der Waals surface area contributed by atoms with Crippen molar-refractivity contribution in [1.29, 1.82) is 0 Å². The third-order valence-electron chi connectivity index (χ3n) is 4.23. The molecule has 0 radical (unpaired) electrons. The molecule has 0 aliphatic rings. The highest BCUT2D eigenvalue weighted by Crippen LogP contribution is 2.33. The molecule has 0 spiro atoms. The maximum atomic E-state index is 13.4. The van der Waals surface area contributed by atoms with E-state index in [1.165, 1.54) is 17.0 Å². The molecule has 3 nitrogen and oxygen atoms in total. The first-order valence-corrected chi connectivity index (χ1v) is 9.72. The predicted molar refractivity (Wildman–Crippen MR) is 109 cm³/mol. The first-order valence-electron chi connectivity index (χ1n) is 8.74. The molecule has 2 heterocycles. The van der Waals surface area contributed by atoms with E-state index in [4.69, 9.17) is 4.98 Å². The van der Waals surface area contributed by atoms with Gasteiger partial charge >= 0.3 is 0 Å². The number of rotatable bonds is 5. The van der Waals surface area contributed by atoms with Gasteiger partial charge in [-0.15, -0.1) is 11.8 Å². The van der Waals surface area contributed by atoms with Gasteiger partial charge in [0.25, 0.3) is 0 Å². The summed E-state index contributed by atoms with van der Waals surface area (Å²) in [6.07, 6.45) is 3.50. The van der Waals surface area contributed by atoms with Crippen LogP contribution >= 0.6 is 11.8 Å².